The van der Waals surface area contributed by atoms with Crippen LogP contribution in [0.3, 0.4) is 0 Å². The molecule has 0 unspecified atom stereocenters. The molecule has 0 N–H and O–H groups in total. The Bertz CT molecular complexity index is 459. The van der Waals surface area contributed by atoms with Crippen LogP contribution in [0.1, 0.15) is 52.9 Å². The van der Waals surface area contributed by atoms with Gasteiger partial charge in [0, 0.05) is 0 Å². The normalized spacial score (nSPS) is 42.7. The first-order valence-electron chi connectivity index (χ1n) is 7.72. The molecule has 0 bridgehead atoms. The predicted octanol–water partition coefficient (Wildman–Crippen LogP) is 2.46. The lowest BCUT2D eigenvalue weighted by Gasteiger charge is -2.59. The zero-order valence-corrected chi connectivity index (χ0v) is 13.3. The van der Waals surface area contributed by atoms with Crippen molar-refractivity contribution in [3.8, 4) is 0 Å². The highest BCUT2D eigenvalue weighted by atomic mass is 32.2. The summed E-state index contributed by atoms with van der Waals surface area (Å²) in [4.78, 5) is 2.51. The van der Waals surface area contributed by atoms with Crippen molar-refractivity contribution in [1.29, 1.82) is 0 Å². The second kappa shape index (κ2) is 4.20. The molecular formula is C15H27NO2S. The van der Waals surface area contributed by atoms with Gasteiger partial charge >= 0.3 is 0 Å². The van der Waals surface area contributed by atoms with E-state index in [4.69, 9.17) is 0 Å². The largest absolute Gasteiger partial charge is 0.295 e. The molecular weight excluding hydrogens is 258 g/mol. The van der Waals surface area contributed by atoms with E-state index in [2.05, 4.69) is 25.7 Å². The van der Waals surface area contributed by atoms with Gasteiger partial charge in [0.15, 0.2) is 9.84 Å². The molecule has 3 aliphatic rings. The first kappa shape index (κ1) is 13.9. The molecule has 4 heteroatoms. The summed E-state index contributed by atoms with van der Waals surface area (Å²) in [6.45, 7) is 9.00. The zero-order chi connectivity index (χ0) is 13.9. The maximum absolute atomic E-state index is 12.3. The molecule has 0 aromatic carbocycles. The van der Waals surface area contributed by atoms with Crippen LogP contribution < -0.4 is 0 Å². The molecule has 110 valence electrons. The Morgan fingerprint density at radius 2 is 1.79 bits per heavy atom. The van der Waals surface area contributed by atoms with Crippen LogP contribution in [0, 0.1) is 11.3 Å². The van der Waals surface area contributed by atoms with Crippen LogP contribution in [0.15, 0.2) is 0 Å². The van der Waals surface area contributed by atoms with Gasteiger partial charge in [-0.1, -0.05) is 20.8 Å². The summed E-state index contributed by atoms with van der Waals surface area (Å²) in [5.74, 6) is 0.991. The van der Waals surface area contributed by atoms with Crippen molar-refractivity contribution in [3.63, 3.8) is 0 Å². The molecule has 0 spiro atoms. The first-order chi connectivity index (χ1) is 8.76. The highest BCUT2D eigenvalue weighted by Gasteiger charge is 2.63. The van der Waals surface area contributed by atoms with Gasteiger partial charge in [0.05, 0.1) is 16.5 Å². The quantitative estimate of drug-likeness (QED) is 0.743. The van der Waals surface area contributed by atoms with Crippen LogP contribution in [0.5, 0.6) is 0 Å². The fraction of sp³-hybridized carbons (Fsp3) is 1.00. The number of likely N-dealkylation sites (tertiary alicyclic amines) is 1. The van der Waals surface area contributed by atoms with Gasteiger partial charge in [-0.3, -0.25) is 4.90 Å². The van der Waals surface area contributed by atoms with Crippen molar-refractivity contribution >= 4 is 9.84 Å². The molecule has 3 rings (SSSR count). The molecule has 1 saturated carbocycles. The van der Waals surface area contributed by atoms with Crippen LogP contribution in [-0.4, -0.2) is 42.9 Å². The van der Waals surface area contributed by atoms with Crippen LogP contribution >= 0.6 is 0 Å². The third-order valence-electron chi connectivity index (χ3n) is 5.87. The van der Waals surface area contributed by atoms with E-state index in [1.807, 2.05) is 0 Å². The van der Waals surface area contributed by atoms with Crippen LogP contribution in [-0.2, 0) is 9.84 Å². The van der Waals surface area contributed by atoms with E-state index in [9.17, 15) is 8.42 Å². The Balaban J connectivity index is 1.85. The molecule has 3 fully saturated rings. The second-order valence-corrected chi connectivity index (χ2v) is 10.1. The fourth-order valence-corrected chi connectivity index (χ4v) is 7.25. The standard InChI is InChI=1S/C15H27NO2S/c1-14(2,3)12-6-7-15(16-8-4-5-9-16)11-19(17,18)13(15)10-12/h12-13H,4-11H2,1-3H3/t12-,13-,15+/m0/s1. The summed E-state index contributed by atoms with van der Waals surface area (Å²) < 4.78 is 24.5. The van der Waals surface area contributed by atoms with E-state index in [0.29, 0.717) is 11.7 Å². The number of nitrogens with zero attached hydrogens (tertiary/aromatic N) is 1. The van der Waals surface area contributed by atoms with Gasteiger partial charge < -0.3 is 0 Å². The minimum Gasteiger partial charge on any atom is -0.295 e. The highest BCUT2D eigenvalue weighted by Crippen LogP contribution is 2.53. The van der Waals surface area contributed by atoms with Crippen LogP contribution in [0.25, 0.3) is 0 Å². The molecule has 0 radical (unpaired) electrons. The second-order valence-electron chi connectivity index (χ2n) is 7.93. The van der Waals surface area contributed by atoms with Gasteiger partial charge in [-0.2, -0.15) is 0 Å². The van der Waals surface area contributed by atoms with Crippen LogP contribution in [0.2, 0.25) is 0 Å². The van der Waals surface area contributed by atoms with Crippen molar-refractivity contribution < 1.29 is 8.42 Å². The van der Waals surface area contributed by atoms with E-state index in [-0.39, 0.29) is 16.2 Å². The number of hydrogen-bond acceptors (Lipinski definition) is 3. The van der Waals surface area contributed by atoms with Crippen molar-refractivity contribution in [2.45, 2.75) is 63.7 Å². The molecule has 0 aromatic heterocycles. The van der Waals surface area contributed by atoms with Crippen molar-refractivity contribution in [1.82, 2.24) is 4.90 Å². The van der Waals surface area contributed by atoms with E-state index >= 15 is 0 Å². The Morgan fingerprint density at radius 3 is 2.32 bits per heavy atom. The smallest absolute Gasteiger partial charge is 0.156 e. The van der Waals surface area contributed by atoms with Gasteiger partial charge in [-0.25, -0.2) is 8.42 Å². The average Bonchev–Trinajstić information content (AvgIpc) is 2.79. The molecule has 1 aliphatic carbocycles. The number of sulfone groups is 1. The minimum atomic E-state index is -2.81. The molecule has 2 saturated heterocycles. The third kappa shape index (κ3) is 2.06. The number of hydrogen-bond donors (Lipinski definition) is 0. The lowest BCUT2D eigenvalue weighted by atomic mass is 9.66. The van der Waals surface area contributed by atoms with Gasteiger partial charge in [-0.15, -0.1) is 0 Å². The average molecular weight is 285 g/mol. The molecule has 3 atom stereocenters. The summed E-state index contributed by atoms with van der Waals surface area (Å²) in [6.07, 6.45) is 5.68. The fourth-order valence-electron chi connectivity index (χ4n) is 4.58. The van der Waals surface area contributed by atoms with E-state index < -0.39 is 9.84 Å². The monoisotopic (exact) mass is 285 g/mol. The lowest BCUT2D eigenvalue weighted by molar-refractivity contribution is 0.0341. The number of rotatable bonds is 1. The molecule has 2 aliphatic heterocycles. The summed E-state index contributed by atoms with van der Waals surface area (Å²) >= 11 is 0. The molecule has 2 heterocycles. The molecule has 0 aromatic rings. The third-order valence-corrected chi connectivity index (χ3v) is 8.27. The SMILES string of the molecule is CC(C)(C)[C@H]1CC[C@@]2(N3CCCC3)CS(=O)(=O)[C@H]2C1. The van der Waals surface area contributed by atoms with Crippen molar-refractivity contribution in [2.75, 3.05) is 18.8 Å². The zero-order valence-electron chi connectivity index (χ0n) is 12.5. The summed E-state index contributed by atoms with van der Waals surface area (Å²) in [5.41, 5.74) is 0.263. The summed E-state index contributed by atoms with van der Waals surface area (Å²) in [6, 6.07) is 0. The predicted molar refractivity (Wildman–Crippen MR) is 77.9 cm³/mol. The van der Waals surface area contributed by atoms with E-state index in [1.54, 1.807) is 0 Å². The van der Waals surface area contributed by atoms with Gasteiger partial charge in [-0.05, 0) is 56.5 Å². The highest BCUT2D eigenvalue weighted by molar-refractivity contribution is 7.93. The molecule has 0 amide bonds. The summed E-state index contributed by atoms with van der Waals surface area (Å²) in [7, 11) is -2.81. The maximum atomic E-state index is 12.3. The van der Waals surface area contributed by atoms with E-state index in [1.165, 1.54) is 19.3 Å². The molecule has 3 nitrogen and oxygen atoms in total. The Kier molecular flexibility index (Phi) is 3.07. The van der Waals surface area contributed by atoms with E-state index in [0.717, 1.165) is 25.9 Å². The topological polar surface area (TPSA) is 37.4 Å². The number of fused-ring (bicyclic) bond motifs is 1. The first-order valence-corrected chi connectivity index (χ1v) is 9.44. The Morgan fingerprint density at radius 1 is 1.16 bits per heavy atom. The maximum Gasteiger partial charge on any atom is 0.156 e. The van der Waals surface area contributed by atoms with Gasteiger partial charge in [0.2, 0.25) is 0 Å². The van der Waals surface area contributed by atoms with Crippen molar-refractivity contribution in [2.24, 2.45) is 11.3 Å². The summed E-state index contributed by atoms with van der Waals surface area (Å²) in [5, 5.41) is -0.0731. The van der Waals surface area contributed by atoms with Gasteiger partial charge in [0.1, 0.15) is 0 Å². The minimum absolute atomic E-state index is 0.0249. The Labute approximate surface area is 117 Å². The molecule has 19 heavy (non-hydrogen) atoms. The van der Waals surface area contributed by atoms with Crippen molar-refractivity contribution in [3.05, 3.63) is 0 Å². The Hall–Kier alpha value is -0.0900. The van der Waals surface area contributed by atoms with Gasteiger partial charge in [0.25, 0.3) is 0 Å². The van der Waals surface area contributed by atoms with Crippen LogP contribution in [0.4, 0.5) is 0 Å². The lowest BCUT2D eigenvalue weighted by Crippen LogP contribution is -2.73.